The van der Waals surface area contributed by atoms with Crippen molar-refractivity contribution in [1.29, 1.82) is 0 Å². The molecule has 0 aliphatic rings. The molecular formula is C13H21FN2O. The van der Waals surface area contributed by atoms with Gasteiger partial charge in [-0.3, -0.25) is 0 Å². The van der Waals surface area contributed by atoms with Crippen molar-refractivity contribution in [1.82, 2.24) is 5.32 Å². The maximum absolute atomic E-state index is 13.1. The molecule has 0 radical (unpaired) electrons. The Balaban J connectivity index is 2.59. The van der Waals surface area contributed by atoms with E-state index in [1.54, 1.807) is 13.2 Å². The molecule has 1 rings (SSSR count). The normalized spacial score (nSPS) is 11.6. The highest BCUT2D eigenvalue weighted by molar-refractivity contribution is 5.34. The van der Waals surface area contributed by atoms with Crippen LogP contribution in [0.25, 0.3) is 0 Å². The summed E-state index contributed by atoms with van der Waals surface area (Å²) >= 11 is 0. The van der Waals surface area contributed by atoms with Gasteiger partial charge in [0.15, 0.2) is 0 Å². The average molecular weight is 240 g/mol. The minimum Gasteiger partial charge on any atom is -0.496 e. The van der Waals surface area contributed by atoms with Gasteiger partial charge in [0.25, 0.3) is 0 Å². The second-order valence-corrected chi connectivity index (χ2v) is 4.72. The van der Waals surface area contributed by atoms with Crippen LogP contribution in [0.1, 0.15) is 19.4 Å². The molecule has 0 spiro atoms. The third kappa shape index (κ3) is 4.32. The van der Waals surface area contributed by atoms with Gasteiger partial charge < -0.3 is 15.8 Å². The largest absolute Gasteiger partial charge is 0.496 e. The number of halogens is 1. The van der Waals surface area contributed by atoms with E-state index in [1.807, 2.05) is 13.8 Å². The van der Waals surface area contributed by atoms with Gasteiger partial charge in [0.1, 0.15) is 11.6 Å². The Labute approximate surface area is 102 Å². The minimum atomic E-state index is -0.237. The lowest BCUT2D eigenvalue weighted by molar-refractivity contribution is 0.391. The fraction of sp³-hybridized carbons (Fsp3) is 0.538. The Morgan fingerprint density at radius 1 is 1.41 bits per heavy atom. The van der Waals surface area contributed by atoms with Gasteiger partial charge >= 0.3 is 0 Å². The Kier molecular flexibility index (Phi) is 4.90. The number of benzene rings is 1. The summed E-state index contributed by atoms with van der Waals surface area (Å²) in [6.07, 6.45) is 0.713. The molecule has 0 saturated carbocycles. The molecule has 4 heteroatoms. The maximum atomic E-state index is 13.1. The zero-order valence-corrected chi connectivity index (χ0v) is 10.7. The van der Waals surface area contributed by atoms with Crippen LogP contribution in [0.3, 0.4) is 0 Å². The van der Waals surface area contributed by atoms with E-state index in [0.29, 0.717) is 13.0 Å². The SMILES string of the molecule is COc1ccc(F)cc1CCNC(C)(C)CN. The molecule has 3 N–H and O–H groups in total. The van der Waals surface area contributed by atoms with E-state index < -0.39 is 0 Å². The van der Waals surface area contributed by atoms with Gasteiger partial charge in [0.2, 0.25) is 0 Å². The van der Waals surface area contributed by atoms with Gasteiger partial charge in [-0.2, -0.15) is 0 Å². The van der Waals surface area contributed by atoms with Gasteiger partial charge in [-0.1, -0.05) is 0 Å². The number of nitrogens with two attached hydrogens (primary N) is 1. The molecule has 17 heavy (non-hydrogen) atoms. The van der Waals surface area contributed by atoms with Crippen LogP contribution in [0.2, 0.25) is 0 Å². The topological polar surface area (TPSA) is 47.3 Å². The number of rotatable bonds is 6. The predicted molar refractivity (Wildman–Crippen MR) is 67.8 cm³/mol. The van der Waals surface area contributed by atoms with Crippen molar-refractivity contribution in [2.45, 2.75) is 25.8 Å². The minimum absolute atomic E-state index is 0.0967. The molecule has 0 saturated heterocycles. The lowest BCUT2D eigenvalue weighted by atomic mass is 10.1. The summed E-state index contributed by atoms with van der Waals surface area (Å²) < 4.78 is 18.3. The second-order valence-electron chi connectivity index (χ2n) is 4.72. The molecule has 0 bridgehead atoms. The average Bonchev–Trinajstić information content (AvgIpc) is 2.29. The fourth-order valence-corrected chi connectivity index (χ4v) is 1.55. The summed E-state index contributed by atoms with van der Waals surface area (Å²) in [5.74, 6) is 0.484. The Morgan fingerprint density at radius 2 is 2.12 bits per heavy atom. The fourth-order valence-electron chi connectivity index (χ4n) is 1.55. The summed E-state index contributed by atoms with van der Waals surface area (Å²) in [4.78, 5) is 0. The molecule has 0 aliphatic heterocycles. The molecule has 1 aromatic carbocycles. The summed E-state index contributed by atoms with van der Waals surface area (Å²) in [6.45, 7) is 5.38. The van der Waals surface area contributed by atoms with E-state index in [-0.39, 0.29) is 11.4 Å². The van der Waals surface area contributed by atoms with Crippen molar-refractivity contribution >= 4 is 0 Å². The summed E-state index contributed by atoms with van der Waals surface area (Å²) in [6, 6.07) is 4.56. The van der Waals surface area contributed by atoms with E-state index in [0.717, 1.165) is 17.9 Å². The van der Waals surface area contributed by atoms with Crippen LogP contribution in [0, 0.1) is 5.82 Å². The van der Waals surface area contributed by atoms with E-state index in [9.17, 15) is 4.39 Å². The number of methoxy groups -OCH3 is 1. The number of hydrogen-bond acceptors (Lipinski definition) is 3. The van der Waals surface area contributed by atoms with Crippen molar-refractivity contribution in [3.8, 4) is 5.75 Å². The highest BCUT2D eigenvalue weighted by Gasteiger charge is 2.14. The van der Waals surface area contributed by atoms with Crippen molar-refractivity contribution in [2.75, 3.05) is 20.2 Å². The van der Waals surface area contributed by atoms with Crippen LogP contribution in [0.15, 0.2) is 18.2 Å². The highest BCUT2D eigenvalue weighted by Crippen LogP contribution is 2.19. The molecule has 0 aromatic heterocycles. The van der Waals surface area contributed by atoms with Crippen molar-refractivity contribution in [3.05, 3.63) is 29.6 Å². The Bertz CT molecular complexity index is 366. The Morgan fingerprint density at radius 3 is 2.71 bits per heavy atom. The molecule has 0 atom stereocenters. The smallest absolute Gasteiger partial charge is 0.123 e. The predicted octanol–water partition coefficient (Wildman–Crippen LogP) is 1.70. The highest BCUT2D eigenvalue weighted by atomic mass is 19.1. The number of nitrogens with one attached hydrogen (secondary N) is 1. The molecule has 3 nitrogen and oxygen atoms in total. The lowest BCUT2D eigenvalue weighted by Gasteiger charge is -2.24. The third-order valence-corrected chi connectivity index (χ3v) is 2.75. The van der Waals surface area contributed by atoms with Crippen LogP contribution in [-0.2, 0) is 6.42 Å². The first-order valence-corrected chi connectivity index (χ1v) is 5.76. The standard InChI is InChI=1S/C13H21FN2O/c1-13(2,9-15)16-7-6-10-8-11(14)4-5-12(10)17-3/h4-5,8,16H,6-7,9,15H2,1-3H3. The van der Waals surface area contributed by atoms with Gasteiger partial charge in [0.05, 0.1) is 7.11 Å². The quantitative estimate of drug-likeness (QED) is 0.795. The lowest BCUT2D eigenvalue weighted by Crippen LogP contribution is -2.46. The van der Waals surface area contributed by atoms with Gasteiger partial charge in [-0.05, 0) is 50.6 Å². The number of hydrogen-bond donors (Lipinski definition) is 2. The van der Waals surface area contributed by atoms with Gasteiger partial charge in [-0.25, -0.2) is 4.39 Å². The summed E-state index contributed by atoms with van der Waals surface area (Å²) in [5.41, 5.74) is 6.39. The molecule has 1 aromatic rings. The van der Waals surface area contributed by atoms with Crippen LogP contribution in [-0.4, -0.2) is 25.7 Å². The molecule has 96 valence electrons. The molecule has 0 fully saturated rings. The van der Waals surface area contributed by atoms with E-state index in [2.05, 4.69) is 5.32 Å². The first-order chi connectivity index (χ1) is 7.98. The van der Waals surface area contributed by atoms with Crippen LogP contribution < -0.4 is 15.8 Å². The van der Waals surface area contributed by atoms with Gasteiger partial charge in [-0.15, -0.1) is 0 Å². The van der Waals surface area contributed by atoms with Crippen LogP contribution >= 0.6 is 0 Å². The van der Waals surface area contributed by atoms with Gasteiger partial charge in [0, 0.05) is 12.1 Å². The maximum Gasteiger partial charge on any atom is 0.123 e. The van der Waals surface area contributed by atoms with Crippen molar-refractivity contribution < 1.29 is 9.13 Å². The molecule has 0 amide bonds. The second kappa shape index (κ2) is 5.98. The molecule has 0 aliphatic carbocycles. The monoisotopic (exact) mass is 240 g/mol. The molecular weight excluding hydrogens is 219 g/mol. The van der Waals surface area contributed by atoms with E-state index in [1.165, 1.54) is 12.1 Å². The van der Waals surface area contributed by atoms with E-state index in [4.69, 9.17) is 10.5 Å². The van der Waals surface area contributed by atoms with Crippen LogP contribution in [0.4, 0.5) is 4.39 Å². The van der Waals surface area contributed by atoms with Crippen LogP contribution in [0.5, 0.6) is 5.75 Å². The summed E-state index contributed by atoms with van der Waals surface area (Å²) in [7, 11) is 1.59. The zero-order valence-electron chi connectivity index (χ0n) is 10.7. The number of ether oxygens (including phenoxy) is 1. The molecule has 0 unspecified atom stereocenters. The Hall–Kier alpha value is -1.13. The zero-order chi connectivity index (χ0) is 12.9. The molecule has 0 heterocycles. The van der Waals surface area contributed by atoms with Crippen molar-refractivity contribution in [3.63, 3.8) is 0 Å². The first kappa shape index (κ1) is 13.9. The summed E-state index contributed by atoms with van der Waals surface area (Å²) in [5, 5.41) is 3.32. The third-order valence-electron chi connectivity index (χ3n) is 2.75. The van der Waals surface area contributed by atoms with Crippen molar-refractivity contribution in [2.24, 2.45) is 5.73 Å². The van der Waals surface area contributed by atoms with E-state index >= 15 is 0 Å². The first-order valence-electron chi connectivity index (χ1n) is 5.76.